The Morgan fingerprint density at radius 1 is 1.39 bits per heavy atom. The van der Waals surface area contributed by atoms with E-state index in [1.54, 1.807) is 17.1 Å². The minimum absolute atomic E-state index is 0.0336. The fourth-order valence-corrected chi connectivity index (χ4v) is 2.85. The lowest BCUT2D eigenvalue weighted by molar-refractivity contribution is -0.117. The molecule has 0 radical (unpaired) electrons. The highest BCUT2D eigenvalue weighted by atomic mass is 16.3. The molecule has 2 aromatic rings. The fourth-order valence-electron chi connectivity index (χ4n) is 2.85. The van der Waals surface area contributed by atoms with Crippen molar-refractivity contribution in [3.63, 3.8) is 0 Å². The summed E-state index contributed by atoms with van der Waals surface area (Å²) in [5.41, 5.74) is 2.02. The van der Waals surface area contributed by atoms with Crippen LogP contribution >= 0.6 is 0 Å². The van der Waals surface area contributed by atoms with E-state index in [9.17, 15) is 14.7 Å². The predicted molar refractivity (Wildman–Crippen MR) is 85.0 cm³/mol. The number of hydrogen-bond donors (Lipinski definition) is 1. The first-order valence-corrected chi connectivity index (χ1v) is 7.65. The molecular formula is C17H19N3O3. The van der Waals surface area contributed by atoms with Crippen molar-refractivity contribution in [1.82, 2.24) is 9.55 Å². The van der Waals surface area contributed by atoms with Crippen LogP contribution in [0, 0.1) is 0 Å². The second kappa shape index (κ2) is 6.34. The number of rotatable bonds is 5. The SMILES string of the molecule is Cn1cnc(C(=O)CCc2ccccc2N2C(=O)CC[C@H]2O)c1. The molecule has 0 unspecified atom stereocenters. The van der Waals surface area contributed by atoms with Crippen molar-refractivity contribution < 1.29 is 14.7 Å². The third kappa shape index (κ3) is 3.17. The van der Waals surface area contributed by atoms with Gasteiger partial charge in [0.1, 0.15) is 11.9 Å². The first-order valence-electron chi connectivity index (χ1n) is 7.65. The summed E-state index contributed by atoms with van der Waals surface area (Å²) in [5, 5.41) is 10.0. The number of aromatic nitrogens is 2. The van der Waals surface area contributed by atoms with Crippen LogP contribution in [-0.4, -0.2) is 32.6 Å². The molecule has 0 bridgehead atoms. The van der Waals surface area contributed by atoms with E-state index in [1.165, 1.54) is 4.90 Å². The summed E-state index contributed by atoms with van der Waals surface area (Å²) < 4.78 is 1.74. The maximum absolute atomic E-state index is 12.2. The number of carbonyl (C=O) groups is 2. The number of ketones is 1. The summed E-state index contributed by atoms with van der Waals surface area (Å²) in [5.74, 6) is -0.116. The molecule has 1 saturated heterocycles. The van der Waals surface area contributed by atoms with Gasteiger partial charge in [-0.1, -0.05) is 18.2 Å². The zero-order valence-corrected chi connectivity index (χ0v) is 13.0. The van der Waals surface area contributed by atoms with Gasteiger partial charge in [-0.25, -0.2) is 4.98 Å². The number of aliphatic hydroxyl groups excluding tert-OH is 1. The lowest BCUT2D eigenvalue weighted by atomic mass is 10.0. The summed E-state index contributed by atoms with van der Waals surface area (Å²) in [7, 11) is 1.82. The molecule has 1 aliphatic rings. The Bertz CT molecular complexity index is 738. The highest BCUT2D eigenvalue weighted by Crippen LogP contribution is 2.29. The van der Waals surface area contributed by atoms with Gasteiger partial charge in [0.2, 0.25) is 5.91 Å². The molecule has 1 aromatic heterocycles. The van der Waals surface area contributed by atoms with E-state index in [4.69, 9.17) is 0 Å². The zero-order valence-electron chi connectivity index (χ0n) is 13.0. The van der Waals surface area contributed by atoms with Crippen molar-refractivity contribution in [1.29, 1.82) is 0 Å². The summed E-state index contributed by atoms with van der Waals surface area (Å²) in [4.78, 5) is 29.7. The van der Waals surface area contributed by atoms with Crippen LogP contribution in [0.25, 0.3) is 0 Å². The molecule has 1 aliphatic heterocycles. The van der Waals surface area contributed by atoms with Crippen LogP contribution in [0.1, 0.15) is 35.3 Å². The molecule has 1 N–H and O–H groups in total. The summed E-state index contributed by atoms with van der Waals surface area (Å²) in [6.07, 6.45) is 4.12. The average molecular weight is 313 g/mol. The Morgan fingerprint density at radius 2 is 2.17 bits per heavy atom. The number of carbonyl (C=O) groups excluding carboxylic acids is 2. The van der Waals surface area contributed by atoms with Gasteiger partial charge in [-0.15, -0.1) is 0 Å². The van der Waals surface area contributed by atoms with Gasteiger partial charge in [0.15, 0.2) is 5.78 Å². The molecule has 0 saturated carbocycles. The number of para-hydroxylation sites is 1. The number of benzene rings is 1. The number of aryl methyl sites for hydroxylation is 2. The summed E-state index contributed by atoms with van der Waals surface area (Å²) >= 11 is 0. The van der Waals surface area contributed by atoms with E-state index >= 15 is 0 Å². The Morgan fingerprint density at radius 3 is 2.83 bits per heavy atom. The lowest BCUT2D eigenvalue weighted by Crippen LogP contribution is -2.33. The molecule has 1 fully saturated rings. The Hall–Kier alpha value is -2.47. The van der Waals surface area contributed by atoms with Crippen LogP contribution < -0.4 is 4.90 Å². The van der Waals surface area contributed by atoms with Crippen molar-refractivity contribution in [2.75, 3.05) is 4.90 Å². The van der Waals surface area contributed by atoms with E-state index < -0.39 is 6.23 Å². The quantitative estimate of drug-likeness (QED) is 0.852. The standard InChI is InChI=1S/C17H19N3O3/c1-19-10-13(18-11-19)15(21)7-6-12-4-2-3-5-14(12)20-16(22)8-9-17(20)23/h2-5,10-11,16,22H,6-9H2,1H3/t16-/m1/s1. The molecule has 6 nitrogen and oxygen atoms in total. The van der Waals surface area contributed by atoms with Gasteiger partial charge in [0.25, 0.3) is 0 Å². The van der Waals surface area contributed by atoms with Gasteiger partial charge in [0.05, 0.1) is 6.33 Å². The number of imidazole rings is 1. The third-order valence-corrected chi connectivity index (χ3v) is 4.05. The predicted octanol–water partition coefficient (Wildman–Crippen LogP) is 1.68. The van der Waals surface area contributed by atoms with Crippen LogP contribution in [0.2, 0.25) is 0 Å². The van der Waals surface area contributed by atoms with Gasteiger partial charge in [-0.3, -0.25) is 14.5 Å². The van der Waals surface area contributed by atoms with Gasteiger partial charge in [-0.05, 0) is 18.1 Å². The zero-order chi connectivity index (χ0) is 16.4. The van der Waals surface area contributed by atoms with Gasteiger partial charge >= 0.3 is 0 Å². The molecule has 120 valence electrons. The summed E-state index contributed by atoms with van der Waals surface area (Å²) in [6.45, 7) is 0. The maximum Gasteiger partial charge on any atom is 0.229 e. The number of nitrogens with zero attached hydrogens (tertiary/aromatic N) is 3. The first kappa shape index (κ1) is 15.4. The fraction of sp³-hybridized carbons (Fsp3) is 0.353. The molecule has 2 heterocycles. The molecule has 1 aromatic carbocycles. The van der Waals surface area contributed by atoms with Gasteiger partial charge < -0.3 is 9.67 Å². The Kier molecular flexibility index (Phi) is 4.25. The number of Topliss-reactive ketones (excluding diaryl/α,β-unsaturated/α-hetero) is 1. The molecule has 1 amide bonds. The second-order valence-corrected chi connectivity index (χ2v) is 5.76. The molecule has 23 heavy (non-hydrogen) atoms. The van der Waals surface area contributed by atoms with Crippen molar-refractivity contribution in [3.05, 3.63) is 48.0 Å². The Balaban J connectivity index is 1.76. The maximum atomic E-state index is 12.2. The van der Waals surface area contributed by atoms with Crippen LogP contribution in [0.3, 0.4) is 0 Å². The van der Waals surface area contributed by atoms with Gasteiger partial charge in [-0.2, -0.15) is 0 Å². The number of aliphatic hydroxyl groups is 1. The number of hydrogen-bond acceptors (Lipinski definition) is 4. The van der Waals surface area contributed by atoms with E-state index in [1.807, 2.05) is 31.3 Å². The molecular weight excluding hydrogens is 294 g/mol. The summed E-state index contributed by atoms with van der Waals surface area (Å²) in [6, 6.07) is 7.40. The van der Waals surface area contributed by atoms with E-state index in [2.05, 4.69) is 4.98 Å². The first-order chi connectivity index (χ1) is 11.1. The molecule has 6 heteroatoms. The minimum atomic E-state index is -0.782. The highest BCUT2D eigenvalue weighted by Gasteiger charge is 2.31. The van der Waals surface area contributed by atoms with Crippen molar-refractivity contribution in [2.24, 2.45) is 7.05 Å². The topological polar surface area (TPSA) is 75.4 Å². The average Bonchev–Trinajstić information content (AvgIpc) is 3.11. The Labute approximate surface area is 134 Å². The van der Waals surface area contributed by atoms with Crippen molar-refractivity contribution >= 4 is 17.4 Å². The van der Waals surface area contributed by atoms with E-state index in [0.29, 0.717) is 37.1 Å². The van der Waals surface area contributed by atoms with Crippen LogP contribution in [0.4, 0.5) is 5.69 Å². The van der Waals surface area contributed by atoms with Crippen LogP contribution in [-0.2, 0) is 18.3 Å². The molecule has 0 spiro atoms. The number of anilines is 1. The third-order valence-electron chi connectivity index (χ3n) is 4.05. The largest absolute Gasteiger partial charge is 0.373 e. The lowest BCUT2D eigenvalue weighted by Gasteiger charge is -2.23. The van der Waals surface area contributed by atoms with E-state index in [-0.39, 0.29) is 11.7 Å². The van der Waals surface area contributed by atoms with Crippen molar-refractivity contribution in [2.45, 2.75) is 31.9 Å². The minimum Gasteiger partial charge on any atom is -0.373 e. The highest BCUT2D eigenvalue weighted by molar-refractivity contribution is 5.97. The monoisotopic (exact) mass is 313 g/mol. The molecule has 3 rings (SSSR count). The normalized spacial score (nSPS) is 17.7. The van der Waals surface area contributed by atoms with Crippen LogP contribution in [0.15, 0.2) is 36.8 Å². The molecule has 0 aliphatic carbocycles. The molecule has 1 atom stereocenters. The van der Waals surface area contributed by atoms with Crippen LogP contribution in [0.5, 0.6) is 0 Å². The second-order valence-electron chi connectivity index (χ2n) is 5.76. The number of amides is 1. The van der Waals surface area contributed by atoms with Crippen molar-refractivity contribution in [3.8, 4) is 0 Å². The van der Waals surface area contributed by atoms with Gasteiger partial charge in [0, 0.05) is 38.2 Å². The smallest absolute Gasteiger partial charge is 0.229 e. The van der Waals surface area contributed by atoms with E-state index in [0.717, 1.165) is 5.56 Å².